The number of fused-ring (bicyclic) bond motifs is 3. The van der Waals surface area contributed by atoms with E-state index in [0.717, 1.165) is 124 Å². The molecule has 0 bridgehead atoms. The molecule has 0 amide bonds. The monoisotopic (exact) mass is 1010 g/mol. The molecular formula is C59H50Cl2N6O6. The second kappa shape index (κ2) is 20.0. The Morgan fingerprint density at radius 2 is 0.808 bits per heavy atom. The molecule has 12 aromatic rings. The van der Waals surface area contributed by atoms with Crippen LogP contribution in [0, 0.1) is 41.5 Å². The molecule has 73 heavy (non-hydrogen) atoms. The van der Waals surface area contributed by atoms with Crippen LogP contribution < -0.4 is 9.47 Å². The molecule has 0 fully saturated rings. The van der Waals surface area contributed by atoms with E-state index in [-0.39, 0.29) is 5.75 Å². The third-order valence-corrected chi connectivity index (χ3v) is 13.7. The number of rotatable bonds is 8. The van der Waals surface area contributed by atoms with Crippen molar-refractivity contribution in [2.75, 3.05) is 14.2 Å². The zero-order valence-electron chi connectivity index (χ0n) is 41.4. The van der Waals surface area contributed by atoms with Gasteiger partial charge in [-0.15, -0.1) is 0 Å². The Hall–Kier alpha value is -8.45. The number of benzene rings is 6. The van der Waals surface area contributed by atoms with Crippen molar-refractivity contribution in [1.82, 2.24) is 29.2 Å². The first-order valence-corrected chi connectivity index (χ1v) is 24.2. The summed E-state index contributed by atoms with van der Waals surface area (Å²) >= 11 is 13.5. The number of halogens is 2. The van der Waals surface area contributed by atoms with E-state index >= 15 is 0 Å². The van der Waals surface area contributed by atoms with E-state index in [2.05, 4.69) is 77.7 Å². The van der Waals surface area contributed by atoms with Crippen molar-refractivity contribution >= 4 is 55.9 Å². The molecule has 14 heteroatoms. The Labute approximate surface area is 431 Å². The number of para-hydroxylation sites is 3. The summed E-state index contributed by atoms with van der Waals surface area (Å²) in [6, 6.07) is 49.6. The van der Waals surface area contributed by atoms with E-state index < -0.39 is 0 Å². The number of methoxy groups -OCH3 is 2. The minimum absolute atomic E-state index is 0.222. The highest BCUT2D eigenvalue weighted by Gasteiger charge is 2.26. The van der Waals surface area contributed by atoms with Gasteiger partial charge in [-0.25, -0.2) is 0 Å². The van der Waals surface area contributed by atoms with E-state index in [4.69, 9.17) is 46.2 Å². The first-order valence-electron chi connectivity index (χ1n) is 23.4. The van der Waals surface area contributed by atoms with Crippen LogP contribution >= 0.6 is 23.2 Å². The van der Waals surface area contributed by atoms with E-state index in [1.165, 1.54) is 5.39 Å². The lowest BCUT2D eigenvalue weighted by molar-refractivity contribution is 0.393. The Bertz CT molecular complexity index is 3870. The predicted molar refractivity (Wildman–Crippen MR) is 290 cm³/mol. The number of phenolic OH excluding ortho intramolecular Hbond substituents is 1. The fourth-order valence-corrected chi connectivity index (χ4v) is 10.2. The van der Waals surface area contributed by atoms with Gasteiger partial charge in [-0.3, -0.25) is 0 Å². The Kier molecular flexibility index (Phi) is 13.2. The summed E-state index contributed by atoms with van der Waals surface area (Å²) < 4.78 is 33.1. The molecule has 1 N–H and O–H groups in total. The molecule has 0 aliphatic rings. The molecule has 12 rings (SSSR count). The summed E-state index contributed by atoms with van der Waals surface area (Å²) in [5, 5.41) is 26.4. The number of ether oxygens (including phenoxy) is 2. The predicted octanol–water partition coefficient (Wildman–Crippen LogP) is 15.7. The van der Waals surface area contributed by atoms with Crippen molar-refractivity contribution in [3.63, 3.8) is 0 Å². The highest BCUT2D eigenvalue weighted by molar-refractivity contribution is 6.39. The van der Waals surface area contributed by atoms with Gasteiger partial charge in [0.1, 0.15) is 34.5 Å². The van der Waals surface area contributed by atoms with Crippen molar-refractivity contribution < 1.29 is 28.1 Å². The standard InChI is InChI=1S/C20H17ClN2O2.C20H18N2O2.C19H15ClN2O2/c1-12-18(13(2)25-22-12)20-19(21)16-6-4-5-7-17(16)23(20)14-8-10-15(24-3)11-9-14;1-13-20(14(2)24-21-13)19-12-15-6-4-5-7-18(15)22(19)16-8-10-17(23-3)11-9-16;1-11-17(12(2)24-21-11)19-18(20)15-5-3-4-6-16(15)22(19)13-7-9-14(23)10-8-13/h4-11H,1-3H3;4-12H,1-3H3;3-10,23H,1-2H3. The van der Waals surface area contributed by atoms with E-state index in [0.29, 0.717) is 10.0 Å². The van der Waals surface area contributed by atoms with Crippen LogP contribution in [0.15, 0.2) is 165 Å². The second-order valence-corrected chi connectivity index (χ2v) is 18.2. The smallest absolute Gasteiger partial charge is 0.143 e. The number of aryl methyl sites for hydroxylation is 6. The lowest BCUT2D eigenvalue weighted by Crippen LogP contribution is -1.98. The van der Waals surface area contributed by atoms with Crippen LogP contribution in [-0.2, 0) is 0 Å². The largest absolute Gasteiger partial charge is 0.508 e. The molecule has 6 aromatic carbocycles. The summed E-state index contributed by atoms with van der Waals surface area (Å²) in [5.41, 5.74) is 14.3. The van der Waals surface area contributed by atoms with Crippen LogP contribution in [0.2, 0.25) is 10.0 Å². The highest BCUT2D eigenvalue weighted by atomic mass is 35.5. The fraction of sp³-hybridized carbons (Fsp3) is 0.136. The molecule has 0 aliphatic carbocycles. The summed E-state index contributed by atoms with van der Waals surface area (Å²) in [6.45, 7) is 11.5. The zero-order chi connectivity index (χ0) is 51.1. The van der Waals surface area contributed by atoms with Gasteiger partial charge in [0.15, 0.2) is 0 Å². The van der Waals surface area contributed by atoms with Gasteiger partial charge in [0.2, 0.25) is 0 Å². The van der Waals surface area contributed by atoms with Gasteiger partial charge in [0, 0.05) is 33.2 Å². The molecule has 366 valence electrons. The first kappa shape index (κ1) is 48.2. The van der Waals surface area contributed by atoms with Gasteiger partial charge < -0.3 is 41.9 Å². The van der Waals surface area contributed by atoms with Gasteiger partial charge in [-0.2, -0.15) is 0 Å². The minimum Gasteiger partial charge on any atom is -0.508 e. The number of aromatic nitrogens is 6. The molecule has 0 aliphatic heterocycles. The lowest BCUT2D eigenvalue weighted by Gasteiger charge is -2.12. The number of phenols is 1. The number of nitrogens with zero attached hydrogens (tertiary/aromatic N) is 6. The van der Waals surface area contributed by atoms with Crippen LogP contribution in [0.1, 0.15) is 34.4 Å². The average Bonchev–Trinajstić information content (AvgIpc) is 4.25. The normalized spacial score (nSPS) is 11.2. The average molecular weight is 1010 g/mol. The van der Waals surface area contributed by atoms with Crippen LogP contribution in [0.4, 0.5) is 0 Å². The Morgan fingerprint density at radius 3 is 1.22 bits per heavy atom. The fourth-order valence-electron chi connectivity index (χ4n) is 9.55. The summed E-state index contributed by atoms with van der Waals surface area (Å²) in [5.74, 6) is 4.17. The van der Waals surface area contributed by atoms with Crippen LogP contribution in [0.25, 0.3) is 83.5 Å². The molecule has 0 spiro atoms. The second-order valence-electron chi connectivity index (χ2n) is 17.5. The van der Waals surface area contributed by atoms with Gasteiger partial charge >= 0.3 is 0 Å². The van der Waals surface area contributed by atoms with Crippen molar-refractivity contribution in [3.05, 3.63) is 196 Å². The summed E-state index contributed by atoms with van der Waals surface area (Å²) in [6.07, 6.45) is 0. The van der Waals surface area contributed by atoms with Crippen LogP contribution in [0.5, 0.6) is 17.2 Å². The Balaban J connectivity index is 0.000000126. The molecule has 0 unspecified atom stereocenters. The van der Waals surface area contributed by atoms with Crippen molar-refractivity contribution in [3.8, 4) is 68.1 Å². The van der Waals surface area contributed by atoms with Gasteiger partial charge in [0.25, 0.3) is 0 Å². The quantitative estimate of drug-likeness (QED) is 0.158. The van der Waals surface area contributed by atoms with E-state index in [1.54, 1.807) is 26.4 Å². The third kappa shape index (κ3) is 8.78. The minimum atomic E-state index is 0.222. The lowest BCUT2D eigenvalue weighted by atomic mass is 10.1. The van der Waals surface area contributed by atoms with Gasteiger partial charge in [0.05, 0.1) is 91.7 Å². The van der Waals surface area contributed by atoms with Crippen molar-refractivity contribution in [2.45, 2.75) is 41.5 Å². The molecule has 0 radical (unpaired) electrons. The SMILES string of the molecule is COc1ccc(-n2c(-c3c(C)noc3C)c(Cl)c3ccccc32)cc1.COc1ccc(-n2c(-c3c(C)noc3C)cc3ccccc32)cc1.Cc1noc(C)c1-c1c(Cl)c2ccccc2n1-c1ccc(O)cc1. The maximum Gasteiger partial charge on any atom is 0.143 e. The third-order valence-electron chi connectivity index (χ3n) is 12.9. The number of hydrogen-bond donors (Lipinski definition) is 1. The van der Waals surface area contributed by atoms with Crippen LogP contribution in [-0.4, -0.2) is 48.5 Å². The molecule has 6 heterocycles. The van der Waals surface area contributed by atoms with Gasteiger partial charge in [-0.05, 0) is 139 Å². The van der Waals surface area contributed by atoms with Crippen LogP contribution in [0.3, 0.4) is 0 Å². The number of aromatic hydroxyl groups is 1. The summed E-state index contributed by atoms with van der Waals surface area (Å²) in [7, 11) is 3.33. The van der Waals surface area contributed by atoms with Crippen molar-refractivity contribution in [1.29, 1.82) is 0 Å². The zero-order valence-corrected chi connectivity index (χ0v) is 42.9. The maximum absolute atomic E-state index is 9.60. The number of hydrogen-bond acceptors (Lipinski definition) is 9. The molecule has 0 saturated heterocycles. The Morgan fingerprint density at radius 1 is 0.438 bits per heavy atom. The summed E-state index contributed by atoms with van der Waals surface area (Å²) in [4.78, 5) is 0. The molecule has 0 saturated carbocycles. The van der Waals surface area contributed by atoms with E-state index in [9.17, 15) is 5.11 Å². The first-order chi connectivity index (χ1) is 35.4. The van der Waals surface area contributed by atoms with E-state index in [1.807, 2.05) is 133 Å². The van der Waals surface area contributed by atoms with Gasteiger partial charge in [-0.1, -0.05) is 93.3 Å². The van der Waals surface area contributed by atoms with Crippen molar-refractivity contribution in [2.24, 2.45) is 0 Å². The maximum atomic E-state index is 9.60. The molecular weight excluding hydrogens is 960 g/mol. The topological polar surface area (TPSA) is 132 Å². The molecule has 12 nitrogen and oxygen atoms in total. The molecule has 6 aromatic heterocycles. The highest BCUT2D eigenvalue weighted by Crippen LogP contribution is 2.44. The molecule has 0 atom stereocenters.